The van der Waals surface area contributed by atoms with Crippen LogP contribution in [0.1, 0.15) is 5.56 Å². The molecular formula is C39H27N5. The molecule has 8 aromatic rings. The Morgan fingerprint density at radius 1 is 0.455 bits per heavy atom. The van der Waals surface area contributed by atoms with E-state index in [4.69, 9.17) is 15.0 Å². The van der Waals surface area contributed by atoms with Gasteiger partial charge in [-0.3, -0.25) is 4.98 Å². The highest BCUT2D eigenvalue weighted by molar-refractivity contribution is 6.10. The number of rotatable bonds is 5. The Bertz CT molecular complexity index is 2220. The molecule has 44 heavy (non-hydrogen) atoms. The van der Waals surface area contributed by atoms with E-state index < -0.39 is 0 Å². The molecule has 0 fully saturated rings. The molecule has 0 aliphatic heterocycles. The summed E-state index contributed by atoms with van der Waals surface area (Å²) >= 11 is 0. The maximum absolute atomic E-state index is 5.02. The summed E-state index contributed by atoms with van der Waals surface area (Å²) in [4.78, 5) is 19.2. The summed E-state index contributed by atoms with van der Waals surface area (Å²) in [5, 5.41) is 2.43. The van der Waals surface area contributed by atoms with Crippen LogP contribution in [0.4, 0.5) is 0 Å². The largest absolute Gasteiger partial charge is 0.309 e. The molecule has 8 rings (SSSR count). The van der Waals surface area contributed by atoms with Crippen LogP contribution in [0.3, 0.4) is 0 Å². The van der Waals surface area contributed by atoms with Gasteiger partial charge in [0.25, 0.3) is 0 Å². The Kier molecular flexibility index (Phi) is 6.27. The molecule has 0 bridgehead atoms. The van der Waals surface area contributed by atoms with Gasteiger partial charge in [-0.2, -0.15) is 0 Å². The van der Waals surface area contributed by atoms with Crippen molar-refractivity contribution in [3.05, 3.63) is 151 Å². The topological polar surface area (TPSA) is 56.5 Å². The number of hydrogen-bond donors (Lipinski definition) is 0. The third-order valence-corrected chi connectivity index (χ3v) is 8.02. The quantitative estimate of drug-likeness (QED) is 0.209. The summed E-state index contributed by atoms with van der Waals surface area (Å²) in [6.45, 7) is 2.14. The number of hydrogen-bond acceptors (Lipinski definition) is 4. The zero-order valence-corrected chi connectivity index (χ0v) is 24.1. The summed E-state index contributed by atoms with van der Waals surface area (Å²) in [6.07, 6.45) is 3.68. The van der Waals surface area contributed by atoms with Gasteiger partial charge in [-0.25, -0.2) is 15.0 Å². The standard InChI is InChI=1S/C39H27N5/c1-26-16-18-33-32-14-8-9-15-34(32)44(35(33)24-26)36-25-30(17-19-31(36)27-20-22-40-23-21-27)39-42-37(28-10-4-2-5-11-28)41-38(43-39)29-12-6-3-7-13-29/h2-25H,1H3. The Hall–Kier alpha value is -5.94. The monoisotopic (exact) mass is 565 g/mol. The van der Waals surface area contributed by atoms with Crippen LogP contribution in [0.25, 0.3) is 72.8 Å². The molecule has 3 heterocycles. The summed E-state index contributed by atoms with van der Waals surface area (Å²) in [6, 6.07) is 46.0. The van der Waals surface area contributed by atoms with E-state index in [0.717, 1.165) is 44.5 Å². The van der Waals surface area contributed by atoms with Crippen molar-refractivity contribution in [3.63, 3.8) is 0 Å². The fourth-order valence-corrected chi connectivity index (χ4v) is 5.91. The van der Waals surface area contributed by atoms with Gasteiger partial charge in [0.15, 0.2) is 17.5 Å². The number of pyridine rings is 1. The second-order valence-corrected chi connectivity index (χ2v) is 10.9. The van der Waals surface area contributed by atoms with Gasteiger partial charge >= 0.3 is 0 Å². The molecule has 0 unspecified atom stereocenters. The van der Waals surface area contributed by atoms with Crippen LogP contribution in [-0.4, -0.2) is 24.5 Å². The Morgan fingerprint density at radius 3 is 1.73 bits per heavy atom. The number of para-hydroxylation sites is 1. The second-order valence-electron chi connectivity index (χ2n) is 10.9. The number of fused-ring (bicyclic) bond motifs is 3. The molecule has 0 saturated heterocycles. The minimum absolute atomic E-state index is 0.622. The first kappa shape index (κ1) is 25.7. The zero-order chi connectivity index (χ0) is 29.5. The van der Waals surface area contributed by atoms with Gasteiger partial charge in [-0.05, 0) is 48.4 Å². The van der Waals surface area contributed by atoms with Crippen LogP contribution in [0, 0.1) is 6.92 Å². The molecule has 0 saturated carbocycles. The molecule has 0 aliphatic carbocycles. The Morgan fingerprint density at radius 2 is 1.05 bits per heavy atom. The molecule has 0 amide bonds. The molecule has 3 aromatic heterocycles. The smallest absolute Gasteiger partial charge is 0.164 e. The maximum atomic E-state index is 5.02. The predicted octanol–water partition coefficient (Wildman–Crippen LogP) is 9.34. The summed E-state index contributed by atoms with van der Waals surface area (Å²) in [7, 11) is 0. The minimum Gasteiger partial charge on any atom is -0.309 e. The fraction of sp³-hybridized carbons (Fsp3) is 0.0256. The molecule has 208 valence electrons. The predicted molar refractivity (Wildman–Crippen MR) is 178 cm³/mol. The summed E-state index contributed by atoms with van der Waals surface area (Å²) < 4.78 is 2.37. The van der Waals surface area contributed by atoms with Crippen molar-refractivity contribution in [1.82, 2.24) is 24.5 Å². The van der Waals surface area contributed by atoms with E-state index in [1.54, 1.807) is 0 Å². The highest BCUT2D eigenvalue weighted by Gasteiger charge is 2.19. The van der Waals surface area contributed by atoms with Gasteiger partial charge in [0.1, 0.15) is 0 Å². The fourth-order valence-electron chi connectivity index (χ4n) is 5.91. The Balaban J connectivity index is 1.42. The lowest BCUT2D eigenvalue weighted by molar-refractivity contribution is 1.07. The molecule has 0 atom stereocenters. The third kappa shape index (κ3) is 4.52. The van der Waals surface area contributed by atoms with Crippen LogP contribution >= 0.6 is 0 Å². The molecule has 0 aliphatic rings. The van der Waals surface area contributed by atoms with Crippen LogP contribution in [0.5, 0.6) is 0 Å². The van der Waals surface area contributed by atoms with E-state index in [0.29, 0.717) is 17.5 Å². The SMILES string of the molecule is Cc1ccc2c3ccccc3n(-c3cc(-c4nc(-c5ccccc5)nc(-c5ccccc5)n4)ccc3-c3ccncc3)c2c1. The van der Waals surface area contributed by atoms with Crippen molar-refractivity contribution in [1.29, 1.82) is 0 Å². The minimum atomic E-state index is 0.622. The van der Waals surface area contributed by atoms with Gasteiger partial charge in [0.2, 0.25) is 0 Å². The van der Waals surface area contributed by atoms with E-state index in [9.17, 15) is 0 Å². The average Bonchev–Trinajstić information content (AvgIpc) is 3.42. The maximum Gasteiger partial charge on any atom is 0.164 e. The van der Waals surface area contributed by atoms with Gasteiger partial charge in [0.05, 0.1) is 16.7 Å². The lowest BCUT2D eigenvalue weighted by Gasteiger charge is -2.16. The Labute approximate surface area is 255 Å². The van der Waals surface area contributed by atoms with Crippen molar-refractivity contribution in [2.75, 3.05) is 0 Å². The number of benzene rings is 5. The first-order chi connectivity index (χ1) is 21.7. The molecule has 0 spiro atoms. The lowest BCUT2D eigenvalue weighted by Crippen LogP contribution is -2.02. The van der Waals surface area contributed by atoms with Crippen molar-refractivity contribution in [3.8, 4) is 51.0 Å². The van der Waals surface area contributed by atoms with E-state index in [-0.39, 0.29) is 0 Å². The van der Waals surface area contributed by atoms with E-state index >= 15 is 0 Å². The summed E-state index contributed by atoms with van der Waals surface area (Å²) in [5.41, 5.74) is 9.55. The number of aromatic nitrogens is 5. The van der Waals surface area contributed by atoms with Crippen molar-refractivity contribution in [2.45, 2.75) is 6.92 Å². The van der Waals surface area contributed by atoms with Crippen molar-refractivity contribution >= 4 is 21.8 Å². The van der Waals surface area contributed by atoms with Gasteiger partial charge in [-0.15, -0.1) is 0 Å². The van der Waals surface area contributed by atoms with Gasteiger partial charge < -0.3 is 4.57 Å². The van der Waals surface area contributed by atoms with Crippen LogP contribution in [-0.2, 0) is 0 Å². The first-order valence-corrected chi connectivity index (χ1v) is 14.6. The van der Waals surface area contributed by atoms with E-state index in [1.807, 2.05) is 73.1 Å². The molecule has 0 radical (unpaired) electrons. The molecule has 5 aromatic carbocycles. The van der Waals surface area contributed by atoms with Gasteiger partial charge in [0, 0.05) is 45.4 Å². The molecular weight excluding hydrogens is 538 g/mol. The normalized spacial score (nSPS) is 11.3. The average molecular weight is 566 g/mol. The molecule has 5 heteroatoms. The van der Waals surface area contributed by atoms with Gasteiger partial charge in [-0.1, -0.05) is 103 Å². The van der Waals surface area contributed by atoms with Crippen LogP contribution in [0.15, 0.2) is 146 Å². The number of aryl methyl sites for hydroxylation is 1. The molecule has 5 nitrogen and oxygen atoms in total. The molecule has 0 N–H and O–H groups in total. The lowest BCUT2D eigenvalue weighted by atomic mass is 10.0. The first-order valence-electron chi connectivity index (χ1n) is 14.6. The zero-order valence-electron chi connectivity index (χ0n) is 24.1. The number of nitrogens with zero attached hydrogens (tertiary/aromatic N) is 5. The van der Waals surface area contributed by atoms with Crippen molar-refractivity contribution in [2.24, 2.45) is 0 Å². The van der Waals surface area contributed by atoms with Crippen LogP contribution in [0.2, 0.25) is 0 Å². The van der Waals surface area contributed by atoms with E-state index in [2.05, 4.69) is 89.3 Å². The highest BCUT2D eigenvalue weighted by atomic mass is 15.0. The van der Waals surface area contributed by atoms with Crippen molar-refractivity contribution < 1.29 is 0 Å². The van der Waals surface area contributed by atoms with Crippen LogP contribution < -0.4 is 0 Å². The van der Waals surface area contributed by atoms with E-state index in [1.165, 1.54) is 16.3 Å². The third-order valence-electron chi connectivity index (χ3n) is 8.02. The highest BCUT2D eigenvalue weighted by Crippen LogP contribution is 2.38. The summed E-state index contributed by atoms with van der Waals surface area (Å²) in [5.74, 6) is 1.90. The second kappa shape index (κ2) is 10.7.